The van der Waals surface area contributed by atoms with Crippen molar-refractivity contribution in [3.8, 4) is 0 Å². The molecule has 26 heavy (non-hydrogen) atoms. The molecule has 0 bridgehead atoms. The maximum atomic E-state index is 13.5. The predicted octanol–water partition coefficient (Wildman–Crippen LogP) is 3.57. The molecule has 0 radical (unpaired) electrons. The average Bonchev–Trinajstić information content (AvgIpc) is 2.32. The third-order valence-electron chi connectivity index (χ3n) is 2.18. The lowest BCUT2D eigenvalue weighted by molar-refractivity contribution is -0.514. The van der Waals surface area contributed by atoms with Crippen LogP contribution in [0.25, 0.3) is 0 Å². The van der Waals surface area contributed by atoms with E-state index in [2.05, 4.69) is 4.74 Å². The van der Waals surface area contributed by atoms with Gasteiger partial charge in [-0.05, 0) is 0 Å². The first-order valence-corrected chi connectivity index (χ1v) is 6.93. The van der Waals surface area contributed by atoms with Gasteiger partial charge < -0.3 is 4.74 Å². The van der Waals surface area contributed by atoms with Gasteiger partial charge in [0.1, 0.15) is 6.61 Å². The third kappa shape index (κ3) is 4.83. The highest BCUT2D eigenvalue weighted by atomic mass is 32.2. The Hall–Kier alpha value is -1.01. The van der Waals surface area contributed by atoms with Crippen LogP contribution in [0.4, 0.5) is 52.7 Å². The van der Waals surface area contributed by atoms with Gasteiger partial charge in [-0.15, -0.1) is 0 Å². The Morgan fingerprint density at radius 2 is 1.19 bits per heavy atom. The van der Waals surface area contributed by atoms with Crippen molar-refractivity contribution in [1.82, 2.24) is 0 Å². The first-order chi connectivity index (χ1) is 10.9. The normalized spacial score (nSPS) is 17.9. The summed E-state index contributed by atoms with van der Waals surface area (Å²) in [5, 5.41) is -7.05. The summed E-state index contributed by atoms with van der Waals surface area (Å²) in [6.45, 7) is -2.95. The number of halogens is 12. The molecule has 0 rings (SSSR count). The van der Waals surface area contributed by atoms with E-state index >= 15 is 0 Å². The van der Waals surface area contributed by atoms with Crippen molar-refractivity contribution in [2.75, 3.05) is 6.61 Å². The van der Waals surface area contributed by atoms with Crippen LogP contribution < -0.4 is 0 Å². The molecule has 158 valence electrons. The van der Waals surface area contributed by atoms with Crippen molar-refractivity contribution < 1.29 is 75.1 Å². The first-order valence-electron chi connectivity index (χ1n) is 5.49. The molecule has 1 N–H and O–H groups in total. The van der Waals surface area contributed by atoms with Crippen LogP contribution in [0.1, 0.15) is 6.92 Å². The summed E-state index contributed by atoms with van der Waals surface area (Å²) in [7, 11) is -7.31. The highest BCUT2D eigenvalue weighted by Crippen LogP contribution is 2.52. The van der Waals surface area contributed by atoms with E-state index in [-0.39, 0.29) is 6.92 Å². The maximum Gasteiger partial charge on any atom is 0.460 e. The van der Waals surface area contributed by atoms with Gasteiger partial charge in [0.15, 0.2) is 0 Å². The van der Waals surface area contributed by atoms with E-state index in [0.717, 1.165) is 0 Å². The van der Waals surface area contributed by atoms with Crippen LogP contribution >= 0.6 is 0 Å². The van der Waals surface area contributed by atoms with E-state index in [1.54, 1.807) is 4.74 Å². The molecule has 1 unspecified atom stereocenters. The molecular formula is C8H6F12O5S. The largest absolute Gasteiger partial charge is 0.460 e. The molecule has 0 fully saturated rings. The standard InChI is InChI=1S/C8H6F12O5S/c1-3(9,10)2-24-6(15,16)4(11,5(12,13)14)25-7(17,18)8(19,20)26(21,22)23/h2H2,1H3,(H,21,22,23). The Morgan fingerprint density at radius 1 is 0.808 bits per heavy atom. The summed E-state index contributed by atoms with van der Waals surface area (Å²) in [6, 6.07) is 0. The smallest absolute Gasteiger partial charge is 0.309 e. The van der Waals surface area contributed by atoms with Crippen molar-refractivity contribution in [2.45, 2.75) is 42.3 Å². The molecule has 0 saturated heterocycles. The Kier molecular flexibility index (Phi) is 6.30. The van der Waals surface area contributed by atoms with Crippen molar-refractivity contribution in [2.24, 2.45) is 0 Å². The Bertz CT molecular complexity index is 608. The molecule has 0 saturated carbocycles. The fraction of sp³-hybridized carbons (Fsp3) is 1.00. The first kappa shape index (κ1) is 25.0. The quantitative estimate of drug-likeness (QED) is 0.460. The number of ether oxygens (including phenoxy) is 2. The Labute approximate surface area is 135 Å². The zero-order valence-electron chi connectivity index (χ0n) is 11.7. The number of hydrogen-bond acceptors (Lipinski definition) is 4. The number of hydrogen-bond donors (Lipinski definition) is 1. The molecule has 0 aliphatic rings. The van der Waals surface area contributed by atoms with E-state index in [0.29, 0.717) is 0 Å². The molecule has 0 aromatic rings. The van der Waals surface area contributed by atoms with Crippen LogP contribution in [0.15, 0.2) is 0 Å². The van der Waals surface area contributed by atoms with E-state index in [9.17, 15) is 61.1 Å². The molecule has 5 nitrogen and oxygen atoms in total. The second kappa shape index (κ2) is 6.55. The number of alkyl halides is 12. The van der Waals surface area contributed by atoms with Crippen LogP contribution in [0.2, 0.25) is 0 Å². The van der Waals surface area contributed by atoms with Gasteiger partial charge in [-0.1, -0.05) is 0 Å². The summed E-state index contributed by atoms with van der Waals surface area (Å²) in [4.78, 5) is 0. The van der Waals surface area contributed by atoms with Crippen molar-refractivity contribution in [3.05, 3.63) is 0 Å². The monoisotopic (exact) mass is 442 g/mol. The molecule has 0 spiro atoms. The molecule has 0 amide bonds. The minimum absolute atomic E-state index is 0.238. The molecule has 0 aromatic carbocycles. The van der Waals surface area contributed by atoms with Gasteiger partial charge in [0.05, 0.1) is 0 Å². The zero-order chi connectivity index (χ0) is 21.6. The van der Waals surface area contributed by atoms with Crippen molar-refractivity contribution >= 4 is 10.1 Å². The van der Waals surface area contributed by atoms with E-state index in [4.69, 9.17) is 4.55 Å². The van der Waals surface area contributed by atoms with E-state index in [1.165, 1.54) is 0 Å². The lowest BCUT2D eigenvalue weighted by Crippen LogP contribution is -2.64. The van der Waals surface area contributed by atoms with Gasteiger partial charge in [0.25, 0.3) is 5.92 Å². The average molecular weight is 442 g/mol. The maximum absolute atomic E-state index is 13.5. The third-order valence-corrected chi connectivity index (χ3v) is 3.06. The summed E-state index contributed by atoms with van der Waals surface area (Å²) in [6.07, 6.45) is -21.4. The highest BCUT2D eigenvalue weighted by molar-refractivity contribution is 7.86. The summed E-state index contributed by atoms with van der Waals surface area (Å²) in [5.74, 6) is -11.6. The van der Waals surface area contributed by atoms with Crippen molar-refractivity contribution in [3.63, 3.8) is 0 Å². The second-order valence-corrected chi connectivity index (χ2v) is 6.04. The van der Waals surface area contributed by atoms with Gasteiger partial charge in [0, 0.05) is 6.92 Å². The fourth-order valence-electron chi connectivity index (χ4n) is 0.979. The highest BCUT2D eigenvalue weighted by Gasteiger charge is 2.81. The Balaban J connectivity index is 6.14. The molecule has 1 atom stereocenters. The topological polar surface area (TPSA) is 72.8 Å². The van der Waals surface area contributed by atoms with E-state index in [1.807, 2.05) is 0 Å². The summed E-state index contributed by atoms with van der Waals surface area (Å²) < 4.78 is 185. The SMILES string of the molecule is CC(F)(F)COC(F)(F)C(F)(OC(F)(F)C(F)(F)S(=O)(=O)O)C(F)(F)F. The van der Waals surface area contributed by atoms with Crippen LogP contribution in [0, 0.1) is 0 Å². The van der Waals surface area contributed by atoms with Crippen LogP contribution in [-0.4, -0.2) is 55.0 Å². The molecule has 0 aliphatic carbocycles. The van der Waals surface area contributed by atoms with Gasteiger partial charge >= 0.3 is 39.6 Å². The molecule has 18 heteroatoms. The van der Waals surface area contributed by atoms with Gasteiger partial charge in [-0.2, -0.15) is 52.3 Å². The van der Waals surface area contributed by atoms with Crippen molar-refractivity contribution in [1.29, 1.82) is 0 Å². The predicted molar refractivity (Wildman–Crippen MR) is 53.9 cm³/mol. The molecular weight excluding hydrogens is 436 g/mol. The number of rotatable bonds is 8. The fourth-order valence-corrected chi connectivity index (χ4v) is 1.32. The summed E-state index contributed by atoms with van der Waals surface area (Å²) in [5.41, 5.74) is 0. The Morgan fingerprint density at radius 3 is 1.46 bits per heavy atom. The lowest BCUT2D eigenvalue weighted by Gasteiger charge is -2.37. The van der Waals surface area contributed by atoms with Crippen LogP contribution in [0.3, 0.4) is 0 Å². The summed E-state index contributed by atoms with van der Waals surface area (Å²) >= 11 is 0. The zero-order valence-corrected chi connectivity index (χ0v) is 12.5. The van der Waals surface area contributed by atoms with Gasteiger partial charge in [0.2, 0.25) is 0 Å². The minimum Gasteiger partial charge on any atom is -0.309 e. The molecule has 0 heterocycles. The van der Waals surface area contributed by atoms with Crippen LogP contribution in [0.5, 0.6) is 0 Å². The van der Waals surface area contributed by atoms with E-state index < -0.39 is 52.2 Å². The minimum atomic E-state index is -7.34. The van der Waals surface area contributed by atoms with Gasteiger partial charge in [-0.3, -0.25) is 9.29 Å². The molecule has 0 aromatic heterocycles. The lowest BCUT2D eigenvalue weighted by atomic mass is 10.2. The molecule has 0 aliphatic heterocycles. The van der Waals surface area contributed by atoms with Gasteiger partial charge in [-0.25, -0.2) is 8.78 Å². The second-order valence-electron chi connectivity index (χ2n) is 4.58. The van der Waals surface area contributed by atoms with Crippen LogP contribution in [-0.2, 0) is 19.6 Å².